The summed E-state index contributed by atoms with van der Waals surface area (Å²) in [6.07, 6.45) is 0.936. The Morgan fingerprint density at radius 2 is 1.67 bits per heavy atom. The average molecular weight is 385 g/mol. The van der Waals surface area contributed by atoms with Crippen molar-refractivity contribution in [1.82, 2.24) is 16.2 Å². The minimum Gasteiger partial charge on any atom is -0.494 e. The maximum Gasteiger partial charge on any atom is 0.269 e. The number of carbonyl (C=O) groups excluding carboxylic acids is 2. The first-order chi connectivity index (χ1) is 13.0. The number of thiocarbonyl (C=S) groups is 1. The number of hydrogen-bond donors (Lipinski definition) is 3. The second kappa shape index (κ2) is 10.3. The highest BCUT2D eigenvalue weighted by Gasteiger charge is 2.10. The smallest absolute Gasteiger partial charge is 0.269 e. The first-order valence-electron chi connectivity index (χ1n) is 8.65. The van der Waals surface area contributed by atoms with Gasteiger partial charge in [-0.05, 0) is 54.9 Å². The summed E-state index contributed by atoms with van der Waals surface area (Å²) in [5.74, 6) is 0.425. The number of nitrogens with one attached hydrogen (secondary N) is 3. The highest BCUT2D eigenvalue weighted by Crippen LogP contribution is 2.14. The van der Waals surface area contributed by atoms with Crippen LogP contribution in [0.4, 0.5) is 0 Å². The van der Waals surface area contributed by atoms with E-state index in [0.717, 1.165) is 6.42 Å². The van der Waals surface area contributed by atoms with Gasteiger partial charge in [0.1, 0.15) is 5.75 Å². The number of rotatable bonds is 6. The van der Waals surface area contributed by atoms with Gasteiger partial charge in [0.05, 0.1) is 6.61 Å². The molecule has 0 heterocycles. The van der Waals surface area contributed by atoms with Gasteiger partial charge in [-0.15, -0.1) is 0 Å². The summed E-state index contributed by atoms with van der Waals surface area (Å²) < 4.78 is 5.66. The second-order valence-electron chi connectivity index (χ2n) is 6.29. The lowest BCUT2D eigenvalue weighted by atomic mass is 10.1. The van der Waals surface area contributed by atoms with Crippen LogP contribution in [0, 0.1) is 5.92 Å². The predicted octanol–water partition coefficient (Wildman–Crippen LogP) is 3.06. The Hall–Kier alpha value is -2.93. The molecule has 7 heteroatoms. The Morgan fingerprint density at radius 1 is 0.963 bits per heavy atom. The molecule has 0 unspecified atom stereocenters. The summed E-state index contributed by atoms with van der Waals surface area (Å²) in [6, 6.07) is 15.5. The molecule has 0 aliphatic heterocycles. The van der Waals surface area contributed by atoms with Gasteiger partial charge < -0.3 is 4.74 Å². The first-order valence-corrected chi connectivity index (χ1v) is 9.06. The summed E-state index contributed by atoms with van der Waals surface area (Å²) in [5.41, 5.74) is 5.84. The Morgan fingerprint density at radius 3 is 2.37 bits per heavy atom. The molecule has 0 atom stereocenters. The van der Waals surface area contributed by atoms with Crippen LogP contribution in [0.15, 0.2) is 54.6 Å². The van der Waals surface area contributed by atoms with Gasteiger partial charge in [-0.2, -0.15) is 0 Å². The van der Waals surface area contributed by atoms with E-state index >= 15 is 0 Å². The molecule has 3 N–H and O–H groups in total. The molecule has 2 rings (SSSR count). The quantitative estimate of drug-likeness (QED) is 0.526. The molecule has 0 fully saturated rings. The maximum absolute atomic E-state index is 12.3. The number of hydrogen-bond acceptors (Lipinski definition) is 4. The van der Waals surface area contributed by atoms with E-state index in [0.29, 0.717) is 29.4 Å². The third-order valence-corrected chi connectivity index (χ3v) is 3.82. The summed E-state index contributed by atoms with van der Waals surface area (Å²) in [5, 5.41) is 2.51. The Bertz CT molecular complexity index is 794. The van der Waals surface area contributed by atoms with E-state index in [4.69, 9.17) is 17.0 Å². The molecule has 0 radical (unpaired) electrons. The van der Waals surface area contributed by atoms with E-state index in [1.807, 2.05) is 6.07 Å². The molecule has 0 saturated heterocycles. The van der Waals surface area contributed by atoms with Crippen LogP contribution in [0.2, 0.25) is 0 Å². The van der Waals surface area contributed by atoms with Crippen molar-refractivity contribution in [2.45, 2.75) is 20.3 Å². The molecule has 0 aliphatic rings. The third kappa shape index (κ3) is 7.07. The van der Waals surface area contributed by atoms with Crippen molar-refractivity contribution in [2.24, 2.45) is 5.92 Å². The summed E-state index contributed by atoms with van der Waals surface area (Å²) in [4.78, 5) is 24.2. The third-order valence-electron chi connectivity index (χ3n) is 3.61. The topological polar surface area (TPSA) is 79.5 Å². The Balaban J connectivity index is 1.83. The SMILES string of the molecule is CC(C)CCOc1cccc(C(=O)NC(=S)NNC(=O)c2ccccc2)c1. The van der Waals surface area contributed by atoms with Gasteiger partial charge >= 0.3 is 0 Å². The van der Waals surface area contributed by atoms with E-state index in [-0.39, 0.29) is 11.0 Å². The summed E-state index contributed by atoms with van der Waals surface area (Å²) in [6.45, 7) is 4.84. The van der Waals surface area contributed by atoms with Crippen LogP contribution >= 0.6 is 12.2 Å². The maximum atomic E-state index is 12.3. The van der Waals surface area contributed by atoms with E-state index in [1.165, 1.54) is 0 Å². The zero-order chi connectivity index (χ0) is 19.6. The van der Waals surface area contributed by atoms with Crippen LogP contribution in [0.25, 0.3) is 0 Å². The van der Waals surface area contributed by atoms with Gasteiger partial charge in [-0.3, -0.25) is 25.8 Å². The molecule has 2 aromatic rings. The molecule has 0 aliphatic carbocycles. The standard InChI is InChI=1S/C20H23N3O3S/c1-14(2)11-12-26-17-10-6-9-16(13-17)18(24)21-20(27)23-22-19(25)15-7-4-3-5-8-15/h3-10,13-14H,11-12H2,1-2H3,(H,22,25)(H2,21,23,24,27). The van der Waals surface area contributed by atoms with E-state index < -0.39 is 5.91 Å². The van der Waals surface area contributed by atoms with Crippen LogP contribution in [0.1, 0.15) is 41.0 Å². The lowest BCUT2D eigenvalue weighted by Gasteiger charge is -2.12. The lowest BCUT2D eigenvalue weighted by molar-refractivity contribution is 0.0934. The van der Waals surface area contributed by atoms with E-state index in [2.05, 4.69) is 30.0 Å². The van der Waals surface area contributed by atoms with Crippen LogP contribution in [-0.4, -0.2) is 23.5 Å². The van der Waals surface area contributed by atoms with Crippen molar-refractivity contribution in [3.63, 3.8) is 0 Å². The summed E-state index contributed by atoms with van der Waals surface area (Å²) >= 11 is 5.04. The van der Waals surface area contributed by atoms with Crippen LogP contribution < -0.4 is 20.9 Å². The fourth-order valence-corrected chi connectivity index (χ4v) is 2.27. The molecule has 6 nitrogen and oxygen atoms in total. The molecule has 0 aromatic heterocycles. The normalized spacial score (nSPS) is 10.2. The number of benzene rings is 2. The largest absolute Gasteiger partial charge is 0.494 e. The molecule has 2 aromatic carbocycles. The van der Waals surface area contributed by atoms with Gasteiger partial charge in [0.25, 0.3) is 11.8 Å². The van der Waals surface area contributed by atoms with Gasteiger partial charge in [0, 0.05) is 11.1 Å². The van der Waals surface area contributed by atoms with Crippen LogP contribution in [-0.2, 0) is 0 Å². The van der Waals surface area contributed by atoms with Crippen molar-refractivity contribution in [3.8, 4) is 5.75 Å². The van der Waals surface area contributed by atoms with Gasteiger partial charge in [-0.25, -0.2) is 0 Å². The predicted molar refractivity (Wildman–Crippen MR) is 109 cm³/mol. The van der Waals surface area contributed by atoms with Gasteiger partial charge in [-0.1, -0.05) is 38.1 Å². The van der Waals surface area contributed by atoms with Gasteiger partial charge in [0.2, 0.25) is 0 Å². The fraction of sp³-hybridized carbons (Fsp3) is 0.250. The number of carbonyl (C=O) groups is 2. The first kappa shape index (κ1) is 20.4. The highest BCUT2D eigenvalue weighted by molar-refractivity contribution is 7.80. The molecular weight excluding hydrogens is 362 g/mol. The minimum atomic E-state index is -0.393. The molecule has 0 spiro atoms. The van der Waals surface area contributed by atoms with E-state index in [1.54, 1.807) is 48.5 Å². The Labute approximate surface area is 164 Å². The second-order valence-corrected chi connectivity index (χ2v) is 6.70. The van der Waals surface area contributed by atoms with Crippen molar-refractivity contribution in [3.05, 3.63) is 65.7 Å². The minimum absolute atomic E-state index is 0.00425. The van der Waals surface area contributed by atoms with Crippen LogP contribution in [0.3, 0.4) is 0 Å². The van der Waals surface area contributed by atoms with Crippen molar-refractivity contribution in [1.29, 1.82) is 0 Å². The molecule has 0 bridgehead atoms. The van der Waals surface area contributed by atoms with E-state index in [9.17, 15) is 9.59 Å². The summed E-state index contributed by atoms with van der Waals surface area (Å²) in [7, 11) is 0. The zero-order valence-electron chi connectivity index (χ0n) is 15.3. The number of hydrazine groups is 1. The molecule has 27 heavy (non-hydrogen) atoms. The monoisotopic (exact) mass is 385 g/mol. The fourth-order valence-electron chi connectivity index (χ4n) is 2.12. The van der Waals surface area contributed by atoms with Crippen molar-refractivity contribution in [2.75, 3.05) is 6.61 Å². The number of amides is 2. The van der Waals surface area contributed by atoms with Crippen molar-refractivity contribution < 1.29 is 14.3 Å². The van der Waals surface area contributed by atoms with Gasteiger partial charge in [0.15, 0.2) is 5.11 Å². The average Bonchev–Trinajstić information content (AvgIpc) is 2.66. The van der Waals surface area contributed by atoms with Crippen molar-refractivity contribution >= 4 is 29.1 Å². The number of ether oxygens (including phenoxy) is 1. The molecule has 2 amide bonds. The molecular formula is C20H23N3O3S. The molecule has 142 valence electrons. The zero-order valence-corrected chi connectivity index (χ0v) is 16.1. The molecule has 0 saturated carbocycles. The lowest BCUT2D eigenvalue weighted by Crippen LogP contribution is -2.48. The van der Waals surface area contributed by atoms with Crippen LogP contribution in [0.5, 0.6) is 5.75 Å². The Kier molecular flexibility index (Phi) is 7.76. The highest BCUT2D eigenvalue weighted by atomic mass is 32.1.